The first-order chi connectivity index (χ1) is 17.0. The second-order valence-electron chi connectivity index (χ2n) is 8.20. The third-order valence-electron chi connectivity index (χ3n) is 5.64. The minimum Gasteiger partial charge on any atom is -0.481 e. The van der Waals surface area contributed by atoms with Crippen LogP contribution in [0.5, 0.6) is 0 Å². The molecule has 0 spiro atoms. The standard InChI is InChI=1S/C25H23N5O5/c26-24-7-6-16(10-27-24)8-19(25(31)32)20-12-30(15-28-20)11-18-9-21(35-29-18)23-14-33-13-22(34-23)17-4-2-1-3-5-17/h1-2,4,6-7,9-10,12-15,19H,3,5,8,11H2,(H2,26,27)(H,31,32). The van der Waals surface area contributed by atoms with Crippen LogP contribution in [0.3, 0.4) is 0 Å². The van der Waals surface area contributed by atoms with Crippen LogP contribution in [0.2, 0.25) is 0 Å². The van der Waals surface area contributed by atoms with Gasteiger partial charge in [0.05, 0.1) is 18.6 Å². The summed E-state index contributed by atoms with van der Waals surface area (Å²) >= 11 is 0. The molecule has 1 aliphatic heterocycles. The molecule has 10 heteroatoms. The molecular weight excluding hydrogens is 450 g/mol. The van der Waals surface area contributed by atoms with E-state index in [1.54, 1.807) is 47.7 Å². The Morgan fingerprint density at radius 2 is 2.11 bits per heavy atom. The van der Waals surface area contributed by atoms with Gasteiger partial charge in [-0.1, -0.05) is 29.5 Å². The number of nitrogens with zero attached hydrogens (tertiary/aromatic N) is 4. The Morgan fingerprint density at radius 1 is 1.23 bits per heavy atom. The summed E-state index contributed by atoms with van der Waals surface area (Å²) in [4.78, 5) is 20.2. The summed E-state index contributed by atoms with van der Waals surface area (Å²) in [6, 6.07) is 5.16. The molecule has 0 amide bonds. The van der Waals surface area contributed by atoms with Crippen LogP contribution < -0.4 is 5.73 Å². The molecule has 35 heavy (non-hydrogen) atoms. The van der Waals surface area contributed by atoms with E-state index in [1.807, 2.05) is 12.2 Å². The number of carbonyl (C=O) groups is 1. The van der Waals surface area contributed by atoms with Crippen molar-refractivity contribution in [3.05, 3.63) is 102 Å². The first-order valence-corrected chi connectivity index (χ1v) is 11.1. The zero-order valence-corrected chi connectivity index (χ0v) is 18.7. The van der Waals surface area contributed by atoms with E-state index in [0.29, 0.717) is 41.0 Å². The number of pyridine rings is 1. The molecular formula is C25H23N5O5. The quantitative estimate of drug-likeness (QED) is 0.500. The molecule has 2 aliphatic rings. The molecule has 0 radical (unpaired) electrons. The number of rotatable bonds is 8. The lowest BCUT2D eigenvalue weighted by molar-refractivity contribution is -0.138. The average molecular weight is 473 g/mol. The highest BCUT2D eigenvalue weighted by molar-refractivity contribution is 5.75. The molecule has 1 aliphatic carbocycles. The summed E-state index contributed by atoms with van der Waals surface area (Å²) < 4.78 is 18.6. The Hall–Kier alpha value is -4.60. The van der Waals surface area contributed by atoms with Crippen molar-refractivity contribution in [3.8, 4) is 0 Å². The fourth-order valence-electron chi connectivity index (χ4n) is 3.83. The van der Waals surface area contributed by atoms with Gasteiger partial charge in [-0.25, -0.2) is 9.97 Å². The zero-order chi connectivity index (χ0) is 24.2. The normalized spacial score (nSPS) is 15.9. The van der Waals surface area contributed by atoms with Gasteiger partial charge in [-0.2, -0.15) is 0 Å². The van der Waals surface area contributed by atoms with E-state index in [0.717, 1.165) is 24.0 Å². The number of allylic oxidation sites excluding steroid dienone is 4. The van der Waals surface area contributed by atoms with Crippen molar-refractivity contribution >= 4 is 17.5 Å². The smallest absolute Gasteiger partial charge is 0.312 e. The van der Waals surface area contributed by atoms with Gasteiger partial charge >= 0.3 is 5.97 Å². The highest BCUT2D eigenvalue weighted by Gasteiger charge is 2.24. The summed E-state index contributed by atoms with van der Waals surface area (Å²) in [7, 11) is 0. The Bertz CT molecular complexity index is 1350. The lowest BCUT2D eigenvalue weighted by Crippen LogP contribution is -2.15. The van der Waals surface area contributed by atoms with Crippen molar-refractivity contribution in [2.45, 2.75) is 31.7 Å². The lowest BCUT2D eigenvalue weighted by Gasteiger charge is -2.17. The number of anilines is 1. The number of hydrogen-bond acceptors (Lipinski definition) is 8. The highest BCUT2D eigenvalue weighted by atomic mass is 16.6. The van der Waals surface area contributed by atoms with Crippen LogP contribution in [-0.4, -0.2) is 30.8 Å². The number of nitrogen functional groups attached to an aromatic ring is 1. The number of nitrogens with two attached hydrogens (primary N) is 1. The summed E-state index contributed by atoms with van der Waals surface area (Å²) in [6.45, 7) is 0.346. The first kappa shape index (κ1) is 22.2. The molecule has 0 saturated carbocycles. The number of imidazole rings is 1. The predicted octanol–water partition coefficient (Wildman–Crippen LogP) is 3.77. The third-order valence-corrected chi connectivity index (χ3v) is 5.64. The number of aromatic nitrogens is 4. The van der Waals surface area contributed by atoms with Gasteiger partial charge in [0.25, 0.3) is 0 Å². The van der Waals surface area contributed by atoms with Gasteiger partial charge in [-0.3, -0.25) is 4.79 Å². The molecule has 10 nitrogen and oxygen atoms in total. The number of aliphatic carboxylic acids is 1. The molecule has 0 bridgehead atoms. The number of carboxylic acids is 1. The Balaban J connectivity index is 1.25. The Morgan fingerprint density at radius 3 is 2.89 bits per heavy atom. The van der Waals surface area contributed by atoms with Crippen LogP contribution in [0.25, 0.3) is 5.76 Å². The minimum absolute atomic E-state index is 0.251. The van der Waals surface area contributed by atoms with E-state index >= 15 is 0 Å². The molecule has 4 heterocycles. The molecule has 5 rings (SSSR count). The topological polar surface area (TPSA) is 139 Å². The molecule has 0 saturated heterocycles. The zero-order valence-electron chi connectivity index (χ0n) is 18.7. The van der Waals surface area contributed by atoms with E-state index in [9.17, 15) is 9.90 Å². The lowest BCUT2D eigenvalue weighted by atomic mass is 9.98. The molecule has 0 fully saturated rings. The van der Waals surface area contributed by atoms with Gasteiger partial charge in [-0.15, -0.1) is 0 Å². The maximum atomic E-state index is 11.9. The van der Waals surface area contributed by atoms with Gasteiger partial charge in [-0.05, 0) is 36.5 Å². The monoisotopic (exact) mass is 473 g/mol. The maximum Gasteiger partial charge on any atom is 0.312 e. The van der Waals surface area contributed by atoms with E-state index in [4.69, 9.17) is 19.7 Å². The fraction of sp³-hybridized carbons (Fsp3) is 0.200. The Labute approximate surface area is 200 Å². The predicted molar refractivity (Wildman–Crippen MR) is 125 cm³/mol. The van der Waals surface area contributed by atoms with Crippen molar-refractivity contribution in [3.63, 3.8) is 0 Å². The third kappa shape index (κ3) is 5.16. The number of hydrogen-bond donors (Lipinski definition) is 2. The van der Waals surface area contributed by atoms with E-state index in [1.165, 1.54) is 6.26 Å². The van der Waals surface area contributed by atoms with Crippen LogP contribution in [0, 0.1) is 0 Å². The van der Waals surface area contributed by atoms with Gasteiger partial charge in [0, 0.05) is 18.5 Å². The Kier molecular flexibility index (Phi) is 6.16. The second-order valence-corrected chi connectivity index (χ2v) is 8.20. The van der Waals surface area contributed by atoms with Crippen LogP contribution in [0.15, 0.2) is 83.5 Å². The van der Waals surface area contributed by atoms with Crippen LogP contribution >= 0.6 is 0 Å². The van der Waals surface area contributed by atoms with Crippen molar-refractivity contribution in [1.29, 1.82) is 0 Å². The van der Waals surface area contributed by atoms with Crippen LogP contribution in [-0.2, 0) is 27.2 Å². The SMILES string of the molecule is Nc1ccc(CC(C(=O)O)c2cn(Cc3cc(C4=COC=C(C5=CC=CCC5)O4)on3)cn2)cn1. The molecule has 3 N–H and O–H groups in total. The summed E-state index contributed by atoms with van der Waals surface area (Å²) in [5.41, 5.74) is 8.49. The highest BCUT2D eigenvalue weighted by Crippen LogP contribution is 2.30. The van der Waals surface area contributed by atoms with Gasteiger partial charge in [0.2, 0.25) is 11.5 Å². The van der Waals surface area contributed by atoms with Gasteiger partial charge in [0.1, 0.15) is 30.0 Å². The number of carboxylic acid groups (broad SMARTS) is 1. The van der Waals surface area contributed by atoms with Crippen molar-refractivity contribution in [2.75, 3.05) is 5.73 Å². The summed E-state index contributed by atoms with van der Waals surface area (Å²) in [6.07, 6.45) is 16.0. The van der Waals surface area contributed by atoms with E-state index < -0.39 is 11.9 Å². The average Bonchev–Trinajstić information content (AvgIpc) is 3.54. The van der Waals surface area contributed by atoms with Crippen molar-refractivity contribution in [1.82, 2.24) is 19.7 Å². The first-order valence-electron chi connectivity index (χ1n) is 11.1. The van der Waals surface area contributed by atoms with E-state index in [-0.39, 0.29) is 6.42 Å². The fourth-order valence-corrected chi connectivity index (χ4v) is 3.83. The molecule has 3 aromatic heterocycles. The number of ether oxygens (including phenoxy) is 2. The van der Waals surface area contributed by atoms with Gasteiger partial charge in [0.15, 0.2) is 5.76 Å². The van der Waals surface area contributed by atoms with Crippen LogP contribution in [0.1, 0.15) is 41.5 Å². The molecule has 1 atom stereocenters. The molecule has 3 aromatic rings. The minimum atomic E-state index is -0.968. The van der Waals surface area contributed by atoms with E-state index in [2.05, 4.69) is 21.2 Å². The molecule has 0 aromatic carbocycles. The largest absolute Gasteiger partial charge is 0.481 e. The maximum absolute atomic E-state index is 11.9. The van der Waals surface area contributed by atoms with Crippen LogP contribution in [0.4, 0.5) is 5.82 Å². The van der Waals surface area contributed by atoms with Crippen molar-refractivity contribution < 1.29 is 23.9 Å². The van der Waals surface area contributed by atoms with Gasteiger partial charge < -0.3 is 29.4 Å². The molecule has 1 unspecified atom stereocenters. The summed E-state index contributed by atoms with van der Waals surface area (Å²) in [5.74, 6) is 0.0860. The summed E-state index contributed by atoms with van der Waals surface area (Å²) in [5, 5.41) is 13.8. The second kappa shape index (κ2) is 9.72. The van der Waals surface area contributed by atoms with Crippen molar-refractivity contribution in [2.24, 2.45) is 0 Å². The molecule has 178 valence electrons.